The van der Waals surface area contributed by atoms with Crippen molar-refractivity contribution in [3.05, 3.63) is 47.8 Å². The van der Waals surface area contributed by atoms with Crippen molar-refractivity contribution >= 4 is 6.08 Å². The highest BCUT2D eigenvalue weighted by Crippen LogP contribution is 2.10. The first kappa shape index (κ1) is 16.4. The number of hydrogen-bond donors (Lipinski definition) is 0. The molecule has 0 amide bonds. The van der Waals surface area contributed by atoms with E-state index in [2.05, 4.69) is 53.3 Å². The van der Waals surface area contributed by atoms with Gasteiger partial charge >= 0.3 is 0 Å². The minimum atomic E-state index is 0.732. The van der Waals surface area contributed by atoms with Gasteiger partial charge in [0.2, 0.25) is 0 Å². The molecule has 4 heteroatoms. The number of hydrogen-bond acceptors (Lipinski definition) is 3. The molecule has 0 atom stereocenters. The average molecular weight is 298 g/mol. The standard InChI is InChI=1S/C18H26N4/c1-3-5-6-7-8-9-10-18-19-20-21-22(18)15-17-13-11-16(4-2)12-14-17/h4,11-14H,2-3,5-10,15H2,1H3. The zero-order valence-corrected chi connectivity index (χ0v) is 13.5. The Hall–Kier alpha value is -1.97. The number of benzene rings is 1. The summed E-state index contributed by atoms with van der Waals surface area (Å²) in [5.74, 6) is 0.989. The highest BCUT2D eigenvalue weighted by molar-refractivity contribution is 5.47. The number of rotatable bonds is 10. The molecule has 0 saturated carbocycles. The van der Waals surface area contributed by atoms with Gasteiger partial charge < -0.3 is 0 Å². The fourth-order valence-electron chi connectivity index (χ4n) is 2.52. The molecule has 0 aliphatic heterocycles. The van der Waals surface area contributed by atoms with Gasteiger partial charge in [-0.1, -0.05) is 75.9 Å². The smallest absolute Gasteiger partial charge is 0.151 e. The Morgan fingerprint density at radius 2 is 1.77 bits per heavy atom. The number of unbranched alkanes of at least 4 members (excludes halogenated alkanes) is 5. The Morgan fingerprint density at radius 3 is 2.50 bits per heavy atom. The van der Waals surface area contributed by atoms with Crippen molar-refractivity contribution in [1.82, 2.24) is 20.2 Å². The van der Waals surface area contributed by atoms with Crippen molar-refractivity contribution in [2.75, 3.05) is 0 Å². The Bertz CT molecular complexity index is 557. The molecule has 1 aromatic carbocycles. The molecule has 0 aliphatic carbocycles. The first-order valence-corrected chi connectivity index (χ1v) is 8.30. The molecule has 1 heterocycles. The molecule has 0 unspecified atom stereocenters. The largest absolute Gasteiger partial charge is 0.225 e. The predicted molar refractivity (Wildman–Crippen MR) is 90.5 cm³/mol. The Morgan fingerprint density at radius 1 is 1.05 bits per heavy atom. The lowest BCUT2D eigenvalue weighted by Gasteiger charge is -2.05. The minimum absolute atomic E-state index is 0.732. The molecule has 1 aromatic heterocycles. The summed E-state index contributed by atoms with van der Waals surface area (Å²) in [5.41, 5.74) is 2.34. The summed E-state index contributed by atoms with van der Waals surface area (Å²) in [5, 5.41) is 12.1. The lowest BCUT2D eigenvalue weighted by atomic mass is 10.1. The summed E-state index contributed by atoms with van der Waals surface area (Å²) in [6.07, 6.45) is 10.5. The lowest BCUT2D eigenvalue weighted by molar-refractivity contribution is 0.573. The fourth-order valence-corrected chi connectivity index (χ4v) is 2.52. The molecular weight excluding hydrogens is 272 g/mol. The third-order valence-electron chi connectivity index (χ3n) is 3.91. The van der Waals surface area contributed by atoms with Crippen LogP contribution in [0.3, 0.4) is 0 Å². The molecule has 0 saturated heterocycles. The van der Waals surface area contributed by atoms with E-state index in [-0.39, 0.29) is 0 Å². The molecule has 2 aromatic rings. The van der Waals surface area contributed by atoms with Gasteiger partial charge in [-0.15, -0.1) is 5.10 Å². The van der Waals surface area contributed by atoms with Gasteiger partial charge in [0, 0.05) is 6.42 Å². The van der Waals surface area contributed by atoms with Crippen molar-refractivity contribution in [2.24, 2.45) is 0 Å². The molecule has 0 N–H and O–H groups in total. The maximum atomic E-state index is 4.17. The summed E-state index contributed by atoms with van der Waals surface area (Å²) in [6.45, 7) is 6.75. The zero-order valence-electron chi connectivity index (χ0n) is 13.5. The number of aromatic nitrogens is 4. The highest BCUT2D eigenvalue weighted by Gasteiger charge is 2.06. The van der Waals surface area contributed by atoms with Gasteiger partial charge in [-0.3, -0.25) is 0 Å². The van der Waals surface area contributed by atoms with E-state index < -0.39 is 0 Å². The van der Waals surface area contributed by atoms with E-state index in [9.17, 15) is 0 Å². The number of tetrazole rings is 1. The SMILES string of the molecule is C=Cc1ccc(Cn2nnnc2CCCCCCCC)cc1. The van der Waals surface area contributed by atoms with Crippen molar-refractivity contribution < 1.29 is 0 Å². The Balaban J connectivity index is 1.82. The monoisotopic (exact) mass is 298 g/mol. The zero-order chi connectivity index (χ0) is 15.6. The first-order valence-electron chi connectivity index (χ1n) is 8.30. The van der Waals surface area contributed by atoms with Crippen LogP contribution >= 0.6 is 0 Å². The summed E-state index contributed by atoms with van der Waals surface area (Å²) in [6, 6.07) is 8.35. The van der Waals surface area contributed by atoms with Crippen LogP contribution < -0.4 is 0 Å². The van der Waals surface area contributed by atoms with Gasteiger partial charge in [0.1, 0.15) is 0 Å². The maximum Gasteiger partial charge on any atom is 0.151 e. The van der Waals surface area contributed by atoms with Crippen LogP contribution in [-0.2, 0) is 13.0 Å². The van der Waals surface area contributed by atoms with Crippen LogP contribution in [0, 0.1) is 0 Å². The highest BCUT2D eigenvalue weighted by atomic mass is 15.5. The third-order valence-corrected chi connectivity index (χ3v) is 3.91. The van der Waals surface area contributed by atoms with E-state index in [1.54, 1.807) is 0 Å². The van der Waals surface area contributed by atoms with Crippen LogP contribution in [-0.4, -0.2) is 20.2 Å². The van der Waals surface area contributed by atoms with Gasteiger partial charge in [-0.25, -0.2) is 4.68 Å². The van der Waals surface area contributed by atoms with Gasteiger partial charge in [0.05, 0.1) is 6.54 Å². The van der Waals surface area contributed by atoms with Crippen molar-refractivity contribution in [1.29, 1.82) is 0 Å². The van der Waals surface area contributed by atoms with E-state index in [0.717, 1.165) is 24.4 Å². The van der Waals surface area contributed by atoms with E-state index in [4.69, 9.17) is 0 Å². The third kappa shape index (κ3) is 5.10. The lowest BCUT2D eigenvalue weighted by Crippen LogP contribution is -2.07. The topological polar surface area (TPSA) is 43.6 Å². The normalized spacial score (nSPS) is 10.8. The van der Waals surface area contributed by atoms with Gasteiger partial charge in [-0.05, 0) is 28.0 Å². The van der Waals surface area contributed by atoms with Crippen LogP contribution in [0.1, 0.15) is 62.4 Å². The second kappa shape index (κ2) is 9.13. The van der Waals surface area contributed by atoms with Gasteiger partial charge in [0.15, 0.2) is 5.82 Å². The number of aryl methyl sites for hydroxylation is 1. The predicted octanol–water partition coefficient (Wildman–Crippen LogP) is 4.27. The fraction of sp³-hybridized carbons (Fsp3) is 0.500. The molecule has 22 heavy (non-hydrogen) atoms. The van der Waals surface area contributed by atoms with Gasteiger partial charge in [0.25, 0.3) is 0 Å². The van der Waals surface area contributed by atoms with Crippen LogP contribution in [0.2, 0.25) is 0 Å². The molecule has 118 valence electrons. The Kier molecular flexibility index (Phi) is 6.81. The van der Waals surface area contributed by atoms with Crippen molar-refractivity contribution in [2.45, 2.75) is 58.4 Å². The van der Waals surface area contributed by atoms with Crippen LogP contribution in [0.25, 0.3) is 6.08 Å². The van der Waals surface area contributed by atoms with Crippen molar-refractivity contribution in [3.8, 4) is 0 Å². The average Bonchev–Trinajstić information content (AvgIpc) is 2.98. The second-order valence-electron chi connectivity index (χ2n) is 5.72. The Labute approximate surface area is 133 Å². The van der Waals surface area contributed by atoms with Gasteiger partial charge in [-0.2, -0.15) is 0 Å². The quantitative estimate of drug-likeness (QED) is 0.615. The summed E-state index contributed by atoms with van der Waals surface area (Å²) in [7, 11) is 0. The molecule has 0 aliphatic rings. The van der Waals surface area contributed by atoms with E-state index in [0.29, 0.717) is 0 Å². The van der Waals surface area contributed by atoms with Crippen molar-refractivity contribution in [3.63, 3.8) is 0 Å². The molecule has 0 radical (unpaired) electrons. The van der Waals surface area contributed by atoms with Crippen LogP contribution in [0.4, 0.5) is 0 Å². The minimum Gasteiger partial charge on any atom is -0.225 e. The molecule has 2 rings (SSSR count). The second-order valence-corrected chi connectivity index (χ2v) is 5.72. The summed E-state index contributed by atoms with van der Waals surface area (Å²) in [4.78, 5) is 0. The van der Waals surface area contributed by atoms with Crippen LogP contribution in [0.5, 0.6) is 0 Å². The summed E-state index contributed by atoms with van der Waals surface area (Å²) >= 11 is 0. The summed E-state index contributed by atoms with van der Waals surface area (Å²) < 4.78 is 1.91. The molecular formula is C18H26N4. The maximum absolute atomic E-state index is 4.17. The molecule has 0 bridgehead atoms. The first-order chi connectivity index (χ1) is 10.8. The molecule has 0 spiro atoms. The van der Waals surface area contributed by atoms with Crippen LogP contribution in [0.15, 0.2) is 30.8 Å². The number of nitrogens with zero attached hydrogens (tertiary/aromatic N) is 4. The van der Waals surface area contributed by atoms with E-state index in [1.165, 1.54) is 44.1 Å². The molecule has 4 nitrogen and oxygen atoms in total. The molecule has 0 fully saturated rings. The van der Waals surface area contributed by atoms with E-state index >= 15 is 0 Å². The van der Waals surface area contributed by atoms with E-state index in [1.807, 2.05) is 10.8 Å².